The summed E-state index contributed by atoms with van der Waals surface area (Å²) in [5.74, 6) is 1.67. The van der Waals surface area contributed by atoms with Crippen LogP contribution in [-0.2, 0) is 6.54 Å². The third-order valence-electron chi connectivity index (χ3n) is 3.27. The van der Waals surface area contributed by atoms with Crippen LogP contribution in [0.15, 0.2) is 18.2 Å². The van der Waals surface area contributed by atoms with Gasteiger partial charge in [-0.1, -0.05) is 13.0 Å². The van der Waals surface area contributed by atoms with Gasteiger partial charge in [0.25, 0.3) is 0 Å². The maximum absolute atomic E-state index is 9.47. The predicted octanol–water partition coefficient (Wildman–Crippen LogP) is 2.10. The molecule has 0 saturated carbocycles. The molecular weight excluding hydrogens is 242 g/mol. The lowest BCUT2D eigenvalue weighted by molar-refractivity contribution is 0.159. The van der Waals surface area contributed by atoms with E-state index in [4.69, 9.17) is 9.47 Å². The molecule has 106 valence electrons. The molecule has 0 amide bonds. The van der Waals surface area contributed by atoms with Crippen molar-refractivity contribution in [3.63, 3.8) is 0 Å². The molecule has 4 heteroatoms. The summed E-state index contributed by atoms with van der Waals surface area (Å²) in [6.07, 6.45) is 2.33. The van der Waals surface area contributed by atoms with Crippen molar-refractivity contribution in [2.75, 3.05) is 19.8 Å². The molecule has 0 bridgehead atoms. The number of aliphatic hydroxyl groups is 1. The van der Waals surface area contributed by atoms with Crippen molar-refractivity contribution in [1.29, 1.82) is 0 Å². The smallest absolute Gasteiger partial charge is 0.161 e. The Bertz CT molecular complexity index is 395. The number of ether oxygens (including phenoxy) is 2. The predicted molar refractivity (Wildman–Crippen MR) is 74.7 cm³/mol. The van der Waals surface area contributed by atoms with Crippen molar-refractivity contribution in [3.8, 4) is 11.5 Å². The Kier molecular flexibility index (Phi) is 5.48. The van der Waals surface area contributed by atoms with E-state index in [0.29, 0.717) is 6.61 Å². The first kappa shape index (κ1) is 14.2. The van der Waals surface area contributed by atoms with E-state index < -0.39 is 0 Å². The van der Waals surface area contributed by atoms with Crippen LogP contribution in [-0.4, -0.2) is 31.0 Å². The van der Waals surface area contributed by atoms with Gasteiger partial charge in [0.2, 0.25) is 0 Å². The number of fused-ring (bicyclic) bond motifs is 1. The largest absolute Gasteiger partial charge is 0.490 e. The highest BCUT2D eigenvalue weighted by molar-refractivity contribution is 5.43. The normalized spacial score (nSPS) is 15.9. The van der Waals surface area contributed by atoms with Gasteiger partial charge in [0.15, 0.2) is 11.5 Å². The average Bonchev–Trinajstić information content (AvgIpc) is 2.68. The third-order valence-corrected chi connectivity index (χ3v) is 3.27. The number of benzene rings is 1. The Morgan fingerprint density at radius 1 is 1.26 bits per heavy atom. The molecule has 4 nitrogen and oxygen atoms in total. The summed E-state index contributed by atoms with van der Waals surface area (Å²) in [6.45, 7) is 5.04. The summed E-state index contributed by atoms with van der Waals surface area (Å²) in [7, 11) is 0. The fourth-order valence-electron chi connectivity index (χ4n) is 2.02. The van der Waals surface area contributed by atoms with Gasteiger partial charge in [-0.25, -0.2) is 0 Å². The Hall–Kier alpha value is -1.26. The quantitative estimate of drug-likeness (QED) is 0.773. The Balaban J connectivity index is 1.82. The number of hydrogen-bond acceptors (Lipinski definition) is 4. The summed E-state index contributed by atoms with van der Waals surface area (Å²) in [4.78, 5) is 0. The average molecular weight is 265 g/mol. The van der Waals surface area contributed by atoms with Crippen LogP contribution in [0.2, 0.25) is 0 Å². The van der Waals surface area contributed by atoms with Gasteiger partial charge in [0.1, 0.15) is 0 Å². The fraction of sp³-hybridized carbons (Fsp3) is 0.600. The molecule has 1 unspecified atom stereocenters. The van der Waals surface area contributed by atoms with Gasteiger partial charge in [-0.3, -0.25) is 0 Å². The fourth-order valence-corrected chi connectivity index (χ4v) is 2.02. The topological polar surface area (TPSA) is 50.7 Å². The summed E-state index contributed by atoms with van der Waals surface area (Å²) in [5, 5.41) is 12.8. The minimum atomic E-state index is -0.198. The Morgan fingerprint density at radius 2 is 2.05 bits per heavy atom. The summed E-state index contributed by atoms with van der Waals surface area (Å²) in [6, 6.07) is 6.05. The molecule has 0 fully saturated rings. The highest BCUT2D eigenvalue weighted by Gasteiger charge is 2.10. The van der Waals surface area contributed by atoms with Crippen molar-refractivity contribution in [2.45, 2.75) is 38.8 Å². The minimum Gasteiger partial charge on any atom is -0.490 e. The maximum atomic E-state index is 9.47. The molecule has 0 saturated heterocycles. The molecule has 1 atom stereocenters. The summed E-state index contributed by atoms with van der Waals surface area (Å²) >= 11 is 0. The molecule has 2 N–H and O–H groups in total. The summed E-state index contributed by atoms with van der Waals surface area (Å²) < 4.78 is 11.3. The molecule has 1 aliphatic heterocycles. The lowest BCUT2D eigenvalue weighted by atomic mass is 10.2. The van der Waals surface area contributed by atoms with E-state index in [1.165, 1.54) is 5.56 Å². The van der Waals surface area contributed by atoms with E-state index in [1.807, 2.05) is 19.1 Å². The van der Waals surface area contributed by atoms with Gasteiger partial charge >= 0.3 is 0 Å². The summed E-state index contributed by atoms with van der Waals surface area (Å²) in [5.41, 5.74) is 1.18. The van der Waals surface area contributed by atoms with Crippen LogP contribution in [0, 0.1) is 0 Å². The first-order valence-corrected chi connectivity index (χ1v) is 7.07. The highest BCUT2D eigenvalue weighted by atomic mass is 16.5. The lowest BCUT2D eigenvalue weighted by Gasteiger charge is -2.11. The SMILES string of the molecule is CCC(O)CCNCc1ccc2c(c1)OCCCO2. The number of rotatable bonds is 6. The molecule has 2 rings (SSSR count). The zero-order chi connectivity index (χ0) is 13.5. The van der Waals surface area contributed by atoms with Crippen LogP contribution in [0.3, 0.4) is 0 Å². The van der Waals surface area contributed by atoms with E-state index in [9.17, 15) is 5.11 Å². The van der Waals surface area contributed by atoms with Crippen molar-refractivity contribution < 1.29 is 14.6 Å². The van der Waals surface area contributed by atoms with Crippen molar-refractivity contribution in [3.05, 3.63) is 23.8 Å². The molecule has 1 aliphatic rings. The zero-order valence-corrected chi connectivity index (χ0v) is 11.5. The van der Waals surface area contributed by atoms with E-state index in [2.05, 4.69) is 11.4 Å². The van der Waals surface area contributed by atoms with Crippen molar-refractivity contribution >= 4 is 0 Å². The second kappa shape index (κ2) is 7.36. The molecule has 19 heavy (non-hydrogen) atoms. The van der Waals surface area contributed by atoms with Gasteiger partial charge in [0.05, 0.1) is 19.3 Å². The minimum absolute atomic E-state index is 0.198. The van der Waals surface area contributed by atoms with Crippen LogP contribution >= 0.6 is 0 Å². The van der Waals surface area contributed by atoms with Crippen LogP contribution in [0.25, 0.3) is 0 Å². The lowest BCUT2D eigenvalue weighted by Crippen LogP contribution is -2.19. The maximum Gasteiger partial charge on any atom is 0.161 e. The Labute approximate surface area is 114 Å². The van der Waals surface area contributed by atoms with Gasteiger partial charge in [-0.2, -0.15) is 0 Å². The molecule has 1 aromatic carbocycles. The number of aliphatic hydroxyl groups excluding tert-OH is 1. The van der Waals surface area contributed by atoms with Gasteiger partial charge in [-0.05, 0) is 37.1 Å². The molecule has 1 heterocycles. The van der Waals surface area contributed by atoms with E-state index in [-0.39, 0.29) is 6.10 Å². The number of nitrogens with one attached hydrogen (secondary N) is 1. The van der Waals surface area contributed by atoms with Gasteiger partial charge < -0.3 is 19.9 Å². The molecule has 0 aromatic heterocycles. The van der Waals surface area contributed by atoms with Crippen molar-refractivity contribution in [1.82, 2.24) is 5.32 Å². The van der Waals surface area contributed by atoms with Crippen LogP contribution in [0.5, 0.6) is 11.5 Å². The van der Waals surface area contributed by atoms with E-state index >= 15 is 0 Å². The molecule has 0 radical (unpaired) electrons. The second-order valence-electron chi connectivity index (χ2n) is 4.86. The zero-order valence-electron chi connectivity index (χ0n) is 11.5. The van der Waals surface area contributed by atoms with Gasteiger partial charge in [0, 0.05) is 13.0 Å². The van der Waals surface area contributed by atoms with Crippen LogP contribution < -0.4 is 14.8 Å². The first-order chi connectivity index (χ1) is 9.29. The van der Waals surface area contributed by atoms with Crippen LogP contribution in [0.1, 0.15) is 31.7 Å². The highest BCUT2D eigenvalue weighted by Crippen LogP contribution is 2.30. The number of hydrogen-bond donors (Lipinski definition) is 2. The molecule has 0 spiro atoms. The molecule has 1 aromatic rings. The Morgan fingerprint density at radius 3 is 2.84 bits per heavy atom. The first-order valence-electron chi connectivity index (χ1n) is 7.07. The molecular formula is C15H23NO3. The van der Waals surface area contributed by atoms with E-state index in [1.54, 1.807) is 0 Å². The van der Waals surface area contributed by atoms with Gasteiger partial charge in [-0.15, -0.1) is 0 Å². The van der Waals surface area contributed by atoms with E-state index in [0.717, 1.165) is 50.5 Å². The van der Waals surface area contributed by atoms with Crippen LogP contribution in [0.4, 0.5) is 0 Å². The van der Waals surface area contributed by atoms with Crippen molar-refractivity contribution in [2.24, 2.45) is 0 Å². The monoisotopic (exact) mass is 265 g/mol. The second-order valence-corrected chi connectivity index (χ2v) is 4.86. The standard InChI is InChI=1S/C15H23NO3/c1-2-13(17)6-7-16-11-12-4-5-14-15(10-12)19-9-3-8-18-14/h4-5,10,13,16-17H,2-3,6-9,11H2,1H3. The molecule has 0 aliphatic carbocycles. The third kappa shape index (κ3) is 4.40.